The third kappa shape index (κ3) is 2.05. The number of ether oxygens (including phenoxy) is 1. The van der Waals surface area contributed by atoms with E-state index < -0.39 is 0 Å². The van der Waals surface area contributed by atoms with Gasteiger partial charge in [0.05, 0.1) is 18.3 Å². The van der Waals surface area contributed by atoms with Crippen LogP contribution in [0, 0.1) is 23.7 Å². The van der Waals surface area contributed by atoms with E-state index in [4.69, 9.17) is 4.74 Å². The van der Waals surface area contributed by atoms with Crippen LogP contribution in [-0.2, 0) is 4.74 Å². The molecule has 5 unspecified atom stereocenters. The van der Waals surface area contributed by atoms with Crippen LogP contribution in [0.25, 0.3) is 0 Å². The zero-order chi connectivity index (χ0) is 13.0. The van der Waals surface area contributed by atoms with Crippen LogP contribution in [0.5, 0.6) is 0 Å². The third-order valence-corrected chi connectivity index (χ3v) is 6.43. The van der Waals surface area contributed by atoms with Gasteiger partial charge in [0.1, 0.15) is 0 Å². The molecule has 0 aromatic heterocycles. The lowest BCUT2D eigenvalue weighted by Crippen LogP contribution is -2.59. The van der Waals surface area contributed by atoms with Crippen molar-refractivity contribution in [3.8, 4) is 0 Å². The van der Waals surface area contributed by atoms with E-state index >= 15 is 0 Å². The van der Waals surface area contributed by atoms with Crippen molar-refractivity contribution < 1.29 is 9.84 Å². The van der Waals surface area contributed by atoms with Gasteiger partial charge in [0, 0.05) is 12.6 Å². The molecular formula is C16H27NO2. The smallest absolute Gasteiger partial charge is 0.0729 e. The highest BCUT2D eigenvalue weighted by molar-refractivity contribution is 5.07. The lowest BCUT2D eigenvalue weighted by molar-refractivity contribution is -0.184. The molecule has 1 heterocycles. The summed E-state index contributed by atoms with van der Waals surface area (Å²) in [4.78, 5) is 0. The van der Waals surface area contributed by atoms with E-state index in [1.54, 1.807) is 0 Å². The largest absolute Gasteiger partial charge is 0.390 e. The summed E-state index contributed by atoms with van der Waals surface area (Å²) in [6, 6.07) is 0.439. The summed E-state index contributed by atoms with van der Waals surface area (Å²) >= 11 is 0. The third-order valence-electron chi connectivity index (χ3n) is 6.43. The van der Waals surface area contributed by atoms with Gasteiger partial charge in [-0.05, 0) is 69.1 Å². The van der Waals surface area contributed by atoms with Gasteiger partial charge in [-0.3, -0.25) is 0 Å². The predicted molar refractivity (Wildman–Crippen MR) is 73.8 cm³/mol. The molecule has 0 radical (unpaired) electrons. The summed E-state index contributed by atoms with van der Waals surface area (Å²) in [5, 5.41) is 14.6. The van der Waals surface area contributed by atoms with Gasteiger partial charge < -0.3 is 15.2 Å². The molecule has 1 saturated heterocycles. The molecule has 19 heavy (non-hydrogen) atoms. The van der Waals surface area contributed by atoms with Gasteiger partial charge >= 0.3 is 0 Å². The Balaban J connectivity index is 1.51. The molecule has 0 aromatic carbocycles. The van der Waals surface area contributed by atoms with Crippen LogP contribution in [-0.4, -0.2) is 36.0 Å². The Morgan fingerprint density at radius 3 is 2.58 bits per heavy atom. The van der Waals surface area contributed by atoms with Crippen molar-refractivity contribution in [2.24, 2.45) is 23.7 Å². The maximum absolute atomic E-state index is 11.1. The highest BCUT2D eigenvalue weighted by Crippen LogP contribution is 2.59. The first-order valence-electron chi connectivity index (χ1n) is 8.21. The fourth-order valence-electron chi connectivity index (χ4n) is 5.81. The van der Waals surface area contributed by atoms with E-state index in [-0.39, 0.29) is 5.60 Å². The fraction of sp³-hybridized carbons (Fsp3) is 1.00. The molecular weight excluding hydrogens is 238 g/mol. The van der Waals surface area contributed by atoms with Crippen molar-refractivity contribution in [2.45, 2.75) is 63.2 Å². The maximum atomic E-state index is 11.1. The maximum Gasteiger partial charge on any atom is 0.0729 e. The van der Waals surface area contributed by atoms with Crippen LogP contribution >= 0.6 is 0 Å². The van der Waals surface area contributed by atoms with Crippen molar-refractivity contribution >= 4 is 0 Å². The van der Waals surface area contributed by atoms with Gasteiger partial charge in [0.25, 0.3) is 0 Å². The summed E-state index contributed by atoms with van der Waals surface area (Å²) in [5.41, 5.74) is -0.352. The van der Waals surface area contributed by atoms with Gasteiger partial charge in [0.15, 0.2) is 0 Å². The first-order valence-corrected chi connectivity index (χ1v) is 8.21. The summed E-state index contributed by atoms with van der Waals surface area (Å²) in [5.74, 6) is 2.91. The summed E-state index contributed by atoms with van der Waals surface area (Å²) in [6.45, 7) is 4.03. The van der Waals surface area contributed by atoms with Crippen molar-refractivity contribution in [3.05, 3.63) is 0 Å². The first kappa shape index (κ1) is 12.6. The molecule has 5 atom stereocenters. The summed E-state index contributed by atoms with van der Waals surface area (Å²) in [6.07, 6.45) is 7.65. The SMILES string of the molecule is CC1NCCOC1CC1C2CC3CC(C2)CC1(O)C3. The molecule has 4 aliphatic carbocycles. The lowest BCUT2D eigenvalue weighted by Gasteiger charge is -2.59. The Bertz CT molecular complexity index is 345. The average molecular weight is 265 g/mol. The molecule has 1 aliphatic heterocycles. The zero-order valence-electron chi connectivity index (χ0n) is 12.0. The van der Waals surface area contributed by atoms with Gasteiger partial charge in [-0.2, -0.15) is 0 Å². The molecule has 2 N–H and O–H groups in total. The lowest BCUT2D eigenvalue weighted by atomic mass is 9.49. The van der Waals surface area contributed by atoms with Crippen molar-refractivity contribution in [1.82, 2.24) is 5.32 Å². The summed E-state index contributed by atoms with van der Waals surface area (Å²) in [7, 11) is 0. The highest BCUT2D eigenvalue weighted by Gasteiger charge is 2.56. The summed E-state index contributed by atoms with van der Waals surface area (Å²) < 4.78 is 5.97. The minimum atomic E-state index is -0.352. The predicted octanol–water partition coefficient (Wildman–Crippen LogP) is 1.94. The van der Waals surface area contributed by atoms with Crippen LogP contribution in [0.4, 0.5) is 0 Å². The Labute approximate surface area is 116 Å². The van der Waals surface area contributed by atoms with Gasteiger partial charge in [-0.15, -0.1) is 0 Å². The van der Waals surface area contributed by atoms with Crippen molar-refractivity contribution in [2.75, 3.05) is 13.2 Å². The zero-order valence-corrected chi connectivity index (χ0v) is 12.0. The molecule has 0 spiro atoms. The molecule has 108 valence electrons. The Hall–Kier alpha value is -0.120. The van der Waals surface area contributed by atoms with E-state index in [2.05, 4.69) is 12.2 Å². The van der Waals surface area contributed by atoms with E-state index in [1.807, 2.05) is 0 Å². The molecule has 3 heteroatoms. The monoisotopic (exact) mass is 265 g/mol. The fourth-order valence-corrected chi connectivity index (χ4v) is 5.81. The second-order valence-corrected chi connectivity index (χ2v) is 7.71. The van der Waals surface area contributed by atoms with Crippen LogP contribution in [0.2, 0.25) is 0 Å². The Morgan fingerprint density at radius 1 is 1.21 bits per heavy atom. The van der Waals surface area contributed by atoms with Crippen LogP contribution in [0.15, 0.2) is 0 Å². The highest BCUT2D eigenvalue weighted by atomic mass is 16.5. The quantitative estimate of drug-likeness (QED) is 0.802. The topological polar surface area (TPSA) is 41.5 Å². The van der Waals surface area contributed by atoms with E-state index in [9.17, 15) is 5.11 Å². The average Bonchev–Trinajstić information content (AvgIpc) is 2.34. The number of morpholine rings is 1. The molecule has 5 rings (SSSR count). The van der Waals surface area contributed by atoms with E-state index in [0.717, 1.165) is 50.2 Å². The number of nitrogens with one attached hydrogen (secondary N) is 1. The Kier molecular flexibility index (Phi) is 2.95. The molecule has 0 aromatic rings. The molecule has 3 nitrogen and oxygen atoms in total. The van der Waals surface area contributed by atoms with Gasteiger partial charge in [0.2, 0.25) is 0 Å². The minimum absolute atomic E-state index is 0.306. The van der Waals surface area contributed by atoms with Gasteiger partial charge in [-0.1, -0.05) is 0 Å². The minimum Gasteiger partial charge on any atom is -0.390 e. The van der Waals surface area contributed by atoms with E-state index in [1.165, 1.54) is 19.3 Å². The van der Waals surface area contributed by atoms with Crippen molar-refractivity contribution in [3.63, 3.8) is 0 Å². The number of rotatable bonds is 2. The Morgan fingerprint density at radius 2 is 1.95 bits per heavy atom. The van der Waals surface area contributed by atoms with E-state index in [0.29, 0.717) is 18.1 Å². The second kappa shape index (κ2) is 4.44. The molecule has 4 bridgehead atoms. The number of hydrogen-bond donors (Lipinski definition) is 2. The van der Waals surface area contributed by atoms with Gasteiger partial charge in [-0.25, -0.2) is 0 Å². The number of hydrogen-bond acceptors (Lipinski definition) is 3. The normalized spacial score (nSPS) is 56.5. The van der Waals surface area contributed by atoms with Crippen LogP contribution in [0.1, 0.15) is 45.4 Å². The molecule has 0 amide bonds. The molecule has 5 fully saturated rings. The molecule has 5 aliphatic rings. The first-order chi connectivity index (χ1) is 9.14. The number of aliphatic hydroxyl groups is 1. The standard InChI is InChI=1S/C16H27NO2/c1-10-15(19-3-2-17-10)7-14-13-5-11-4-12(6-13)9-16(14,18)8-11/h10-15,17-18H,2-9H2,1H3. The second-order valence-electron chi connectivity index (χ2n) is 7.71. The van der Waals surface area contributed by atoms with Crippen molar-refractivity contribution in [1.29, 1.82) is 0 Å². The van der Waals surface area contributed by atoms with Crippen LogP contribution < -0.4 is 5.32 Å². The molecule has 4 saturated carbocycles. The van der Waals surface area contributed by atoms with Crippen LogP contribution in [0.3, 0.4) is 0 Å².